The van der Waals surface area contributed by atoms with E-state index in [1.165, 1.54) is 19.1 Å². The molecule has 0 saturated carbocycles. The van der Waals surface area contributed by atoms with E-state index in [4.69, 9.17) is 13.9 Å². The van der Waals surface area contributed by atoms with Crippen molar-refractivity contribution < 1.29 is 23.8 Å². The number of benzene rings is 3. The highest BCUT2D eigenvalue weighted by Gasteiger charge is 2.43. The van der Waals surface area contributed by atoms with Crippen molar-refractivity contribution in [1.29, 1.82) is 0 Å². The predicted octanol–water partition coefficient (Wildman–Crippen LogP) is 4.09. The first-order chi connectivity index (χ1) is 16.5. The van der Waals surface area contributed by atoms with Crippen LogP contribution in [0.15, 0.2) is 82.0 Å². The maximum absolute atomic E-state index is 13.6. The van der Waals surface area contributed by atoms with E-state index in [1.54, 1.807) is 54.6 Å². The minimum absolute atomic E-state index is 0.0104. The number of hydrogen-bond donors (Lipinski definition) is 1. The fraction of sp³-hybridized carbons (Fsp3) is 0.185. The molecular formula is C27H23NO6. The van der Waals surface area contributed by atoms with E-state index >= 15 is 0 Å². The third-order valence-corrected chi connectivity index (χ3v) is 6.15. The summed E-state index contributed by atoms with van der Waals surface area (Å²) in [5, 5.41) is 11.3. The number of para-hydroxylation sites is 1. The van der Waals surface area contributed by atoms with Crippen LogP contribution >= 0.6 is 0 Å². The van der Waals surface area contributed by atoms with Crippen LogP contribution in [0.25, 0.3) is 11.0 Å². The molecule has 0 saturated heterocycles. The zero-order chi connectivity index (χ0) is 23.8. The largest absolute Gasteiger partial charge is 0.493 e. The van der Waals surface area contributed by atoms with Gasteiger partial charge in [0.1, 0.15) is 5.58 Å². The monoisotopic (exact) mass is 457 g/mol. The van der Waals surface area contributed by atoms with E-state index in [2.05, 4.69) is 0 Å². The summed E-state index contributed by atoms with van der Waals surface area (Å²) in [6.45, 7) is -0.0259. The first-order valence-electron chi connectivity index (χ1n) is 10.8. The molecule has 0 bridgehead atoms. The lowest BCUT2D eigenvalue weighted by Gasteiger charge is -2.28. The molecule has 0 aliphatic carbocycles. The molecule has 34 heavy (non-hydrogen) atoms. The van der Waals surface area contributed by atoms with Crippen molar-refractivity contribution in [3.63, 3.8) is 0 Å². The number of β-amino-alcohol motifs (C(OH)–C–C–N with tert-alkyl or cyclic N) is 1. The molecule has 172 valence electrons. The van der Waals surface area contributed by atoms with E-state index in [9.17, 15) is 14.7 Å². The number of aliphatic hydroxyl groups is 1. The highest BCUT2D eigenvalue weighted by atomic mass is 16.5. The minimum Gasteiger partial charge on any atom is -0.493 e. The molecule has 1 N–H and O–H groups in total. The van der Waals surface area contributed by atoms with Crippen molar-refractivity contribution in [3.05, 3.63) is 105 Å². The van der Waals surface area contributed by atoms with Crippen LogP contribution in [0.5, 0.6) is 11.5 Å². The molecule has 5 rings (SSSR count). The normalized spacial score (nSPS) is 15.9. The Hall–Kier alpha value is -4.10. The van der Waals surface area contributed by atoms with E-state index in [1.807, 2.05) is 18.2 Å². The maximum atomic E-state index is 13.6. The summed E-state index contributed by atoms with van der Waals surface area (Å²) in [4.78, 5) is 28.6. The SMILES string of the molecule is COc1ccc(C2c3c(oc4ccccc4c3=O)C(=O)N2CC(O)c2ccccc2)cc1OC. The highest BCUT2D eigenvalue weighted by Crippen LogP contribution is 2.41. The quantitative estimate of drug-likeness (QED) is 0.469. The number of carbonyl (C=O) groups is 1. The van der Waals surface area contributed by atoms with Gasteiger partial charge in [-0.25, -0.2) is 0 Å². The standard InChI is InChI=1S/C27H23NO6/c1-32-21-13-12-17(14-22(21)33-2)24-23-25(30)18-10-6-7-11-20(18)34-26(23)27(31)28(24)15-19(29)16-8-4-3-5-9-16/h3-14,19,24,29H,15H2,1-2H3. The Morgan fingerprint density at radius 3 is 2.38 bits per heavy atom. The van der Waals surface area contributed by atoms with Gasteiger partial charge in [-0.05, 0) is 35.4 Å². The van der Waals surface area contributed by atoms with E-state index in [-0.39, 0.29) is 23.3 Å². The molecule has 4 aromatic rings. The van der Waals surface area contributed by atoms with Crippen LogP contribution in [-0.2, 0) is 0 Å². The molecule has 0 spiro atoms. The number of carbonyl (C=O) groups excluding carboxylic acids is 1. The number of aliphatic hydroxyl groups excluding tert-OH is 1. The van der Waals surface area contributed by atoms with E-state index in [0.717, 1.165) is 0 Å². The van der Waals surface area contributed by atoms with Gasteiger partial charge in [0.05, 0.1) is 43.9 Å². The average Bonchev–Trinajstić information content (AvgIpc) is 3.15. The molecule has 2 heterocycles. The first kappa shape index (κ1) is 21.7. The minimum atomic E-state index is -0.952. The second-order valence-electron chi connectivity index (χ2n) is 8.07. The van der Waals surface area contributed by atoms with Gasteiger partial charge in [-0.1, -0.05) is 48.5 Å². The number of methoxy groups -OCH3 is 2. The zero-order valence-electron chi connectivity index (χ0n) is 18.7. The van der Waals surface area contributed by atoms with Crippen molar-refractivity contribution in [2.75, 3.05) is 20.8 Å². The van der Waals surface area contributed by atoms with Gasteiger partial charge in [-0.15, -0.1) is 0 Å². The molecule has 1 amide bonds. The molecule has 7 nitrogen and oxygen atoms in total. The number of hydrogen-bond acceptors (Lipinski definition) is 6. The van der Waals surface area contributed by atoms with Crippen molar-refractivity contribution in [2.24, 2.45) is 0 Å². The Balaban J connectivity index is 1.68. The Labute approximate surface area is 195 Å². The molecule has 0 radical (unpaired) electrons. The number of nitrogens with zero attached hydrogens (tertiary/aromatic N) is 1. The Morgan fingerprint density at radius 1 is 0.941 bits per heavy atom. The van der Waals surface area contributed by atoms with Crippen molar-refractivity contribution in [2.45, 2.75) is 12.1 Å². The van der Waals surface area contributed by atoms with Crippen LogP contribution in [-0.4, -0.2) is 36.7 Å². The summed E-state index contributed by atoms with van der Waals surface area (Å²) < 4.78 is 16.7. The summed E-state index contributed by atoms with van der Waals surface area (Å²) in [7, 11) is 3.06. The topological polar surface area (TPSA) is 89.2 Å². The molecule has 1 aliphatic heterocycles. The molecule has 1 aliphatic rings. The van der Waals surface area contributed by atoms with Gasteiger partial charge in [0, 0.05) is 0 Å². The zero-order valence-corrected chi connectivity index (χ0v) is 18.7. The van der Waals surface area contributed by atoms with Gasteiger partial charge < -0.3 is 23.9 Å². The smallest absolute Gasteiger partial charge is 0.291 e. The number of amides is 1. The Kier molecular flexibility index (Phi) is 5.55. The first-order valence-corrected chi connectivity index (χ1v) is 10.8. The van der Waals surface area contributed by atoms with Crippen molar-refractivity contribution in [1.82, 2.24) is 4.90 Å². The second-order valence-corrected chi connectivity index (χ2v) is 8.07. The van der Waals surface area contributed by atoms with Gasteiger partial charge in [-0.3, -0.25) is 9.59 Å². The predicted molar refractivity (Wildman–Crippen MR) is 126 cm³/mol. The lowest BCUT2D eigenvalue weighted by atomic mass is 9.97. The van der Waals surface area contributed by atoms with Crippen molar-refractivity contribution in [3.8, 4) is 11.5 Å². The third-order valence-electron chi connectivity index (χ3n) is 6.15. The second kappa shape index (κ2) is 8.68. The highest BCUT2D eigenvalue weighted by molar-refractivity contribution is 5.99. The maximum Gasteiger partial charge on any atom is 0.291 e. The Bertz CT molecular complexity index is 1430. The van der Waals surface area contributed by atoms with Gasteiger partial charge in [0.25, 0.3) is 5.91 Å². The van der Waals surface area contributed by atoms with Gasteiger partial charge >= 0.3 is 0 Å². The summed E-state index contributed by atoms with van der Waals surface area (Å²) >= 11 is 0. The van der Waals surface area contributed by atoms with E-state index < -0.39 is 18.1 Å². The number of ether oxygens (including phenoxy) is 2. The molecule has 2 unspecified atom stereocenters. The fourth-order valence-electron chi connectivity index (χ4n) is 4.49. The fourth-order valence-corrected chi connectivity index (χ4v) is 4.49. The molecule has 2 atom stereocenters. The number of rotatable bonds is 6. The molecule has 1 aromatic heterocycles. The van der Waals surface area contributed by atoms with Gasteiger partial charge in [0.2, 0.25) is 5.76 Å². The lowest BCUT2D eigenvalue weighted by Crippen LogP contribution is -2.33. The third kappa shape index (κ3) is 3.50. The van der Waals surface area contributed by atoms with Crippen LogP contribution < -0.4 is 14.9 Å². The summed E-state index contributed by atoms with van der Waals surface area (Å²) in [6.07, 6.45) is -0.952. The number of fused-ring (bicyclic) bond motifs is 2. The summed E-state index contributed by atoms with van der Waals surface area (Å²) in [6, 6.07) is 20.4. The van der Waals surface area contributed by atoms with Crippen LogP contribution in [0.4, 0.5) is 0 Å². The lowest BCUT2D eigenvalue weighted by molar-refractivity contribution is 0.0583. The van der Waals surface area contributed by atoms with Crippen LogP contribution in [0.1, 0.15) is 39.4 Å². The van der Waals surface area contributed by atoms with Crippen molar-refractivity contribution >= 4 is 16.9 Å². The van der Waals surface area contributed by atoms with Crippen LogP contribution in [0, 0.1) is 0 Å². The van der Waals surface area contributed by atoms with E-state index in [0.29, 0.717) is 33.6 Å². The summed E-state index contributed by atoms with van der Waals surface area (Å²) in [5.41, 5.74) is 1.63. The molecule has 7 heteroatoms. The van der Waals surface area contributed by atoms with Crippen LogP contribution in [0.3, 0.4) is 0 Å². The van der Waals surface area contributed by atoms with Crippen LogP contribution in [0.2, 0.25) is 0 Å². The molecule has 3 aromatic carbocycles. The molecular weight excluding hydrogens is 434 g/mol. The summed E-state index contributed by atoms with van der Waals surface area (Å²) in [5.74, 6) is 0.531. The van der Waals surface area contributed by atoms with Gasteiger partial charge in [0.15, 0.2) is 16.9 Å². The molecule has 0 fully saturated rings. The Morgan fingerprint density at radius 2 is 1.65 bits per heavy atom. The van der Waals surface area contributed by atoms with Gasteiger partial charge in [-0.2, -0.15) is 0 Å². The average molecular weight is 457 g/mol.